The van der Waals surface area contributed by atoms with Crippen molar-refractivity contribution in [3.63, 3.8) is 0 Å². The van der Waals surface area contributed by atoms with Crippen LogP contribution in [0.15, 0.2) is 36.4 Å². The third-order valence-electron chi connectivity index (χ3n) is 4.12. The van der Waals surface area contributed by atoms with E-state index in [9.17, 15) is 13.2 Å². The molecule has 0 aromatic heterocycles. The number of amides is 1. The van der Waals surface area contributed by atoms with Gasteiger partial charge in [0.05, 0.1) is 28.5 Å². The summed E-state index contributed by atoms with van der Waals surface area (Å²) in [6.45, 7) is 4.09. The van der Waals surface area contributed by atoms with Gasteiger partial charge in [-0.05, 0) is 49.2 Å². The lowest BCUT2D eigenvalue weighted by molar-refractivity contribution is -0.119. The summed E-state index contributed by atoms with van der Waals surface area (Å²) >= 11 is 11.8. The second-order valence-corrected chi connectivity index (χ2v) is 8.99. The van der Waals surface area contributed by atoms with Crippen molar-refractivity contribution >= 4 is 44.8 Å². The van der Waals surface area contributed by atoms with E-state index in [-0.39, 0.29) is 30.4 Å². The van der Waals surface area contributed by atoms with Crippen LogP contribution < -0.4 is 14.4 Å². The average molecular weight is 445 g/mol. The van der Waals surface area contributed by atoms with Crippen LogP contribution in [0.3, 0.4) is 0 Å². The average Bonchev–Trinajstić information content (AvgIpc) is 2.61. The molecule has 9 heteroatoms. The van der Waals surface area contributed by atoms with Gasteiger partial charge in [-0.1, -0.05) is 35.3 Å². The number of halogens is 2. The van der Waals surface area contributed by atoms with E-state index in [0.29, 0.717) is 5.02 Å². The smallest absolute Gasteiger partial charge is 0.240 e. The second kappa shape index (κ2) is 9.49. The number of sulfonamides is 1. The number of hydrogen-bond acceptors (Lipinski definition) is 4. The lowest BCUT2D eigenvalue weighted by Crippen LogP contribution is -2.41. The highest BCUT2D eigenvalue weighted by atomic mass is 35.5. The second-order valence-electron chi connectivity index (χ2n) is 6.26. The van der Waals surface area contributed by atoms with Gasteiger partial charge < -0.3 is 10.1 Å². The molecule has 0 atom stereocenters. The van der Waals surface area contributed by atoms with Crippen molar-refractivity contribution in [2.75, 3.05) is 30.3 Å². The largest absolute Gasteiger partial charge is 0.491 e. The summed E-state index contributed by atoms with van der Waals surface area (Å²) in [5.41, 5.74) is 2.42. The minimum atomic E-state index is -3.69. The molecular formula is C19H22Cl2N2O4S. The monoisotopic (exact) mass is 444 g/mol. The molecular weight excluding hydrogens is 423 g/mol. The minimum Gasteiger partial charge on any atom is -0.491 e. The number of nitrogens with one attached hydrogen (secondary N) is 1. The molecule has 0 aliphatic heterocycles. The lowest BCUT2D eigenvalue weighted by Gasteiger charge is -2.22. The SMILES string of the molecule is Cc1cccc(OCCNC(=O)CN(c2ccc(Cl)c(Cl)c2)S(C)(=O)=O)c1C. The first kappa shape index (κ1) is 22.3. The van der Waals surface area contributed by atoms with Gasteiger partial charge in [0, 0.05) is 0 Å². The number of hydrogen-bond donors (Lipinski definition) is 1. The first-order valence-electron chi connectivity index (χ1n) is 8.48. The number of benzene rings is 2. The van der Waals surface area contributed by atoms with Crippen molar-refractivity contribution in [3.05, 3.63) is 57.6 Å². The van der Waals surface area contributed by atoms with Gasteiger partial charge >= 0.3 is 0 Å². The molecule has 28 heavy (non-hydrogen) atoms. The van der Waals surface area contributed by atoms with Crippen molar-refractivity contribution in [1.82, 2.24) is 5.32 Å². The summed E-state index contributed by atoms with van der Waals surface area (Å²) in [7, 11) is -3.69. The van der Waals surface area contributed by atoms with E-state index in [1.54, 1.807) is 0 Å². The van der Waals surface area contributed by atoms with Crippen LogP contribution in [-0.2, 0) is 14.8 Å². The normalized spacial score (nSPS) is 11.2. The summed E-state index contributed by atoms with van der Waals surface area (Å²) in [6, 6.07) is 10.1. The molecule has 2 aromatic carbocycles. The predicted octanol–water partition coefficient (Wildman–Crippen LogP) is 3.57. The first-order chi connectivity index (χ1) is 13.1. The zero-order valence-electron chi connectivity index (χ0n) is 15.8. The van der Waals surface area contributed by atoms with Crippen molar-refractivity contribution in [1.29, 1.82) is 0 Å². The van der Waals surface area contributed by atoms with Gasteiger partial charge in [0.1, 0.15) is 18.9 Å². The van der Waals surface area contributed by atoms with Crippen LogP contribution in [0.5, 0.6) is 5.75 Å². The van der Waals surface area contributed by atoms with Crippen LogP contribution in [0.2, 0.25) is 10.0 Å². The summed E-state index contributed by atoms with van der Waals surface area (Å²) in [5, 5.41) is 3.16. The molecule has 0 spiro atoms. The third kappa shape index (κ3) is 6.02. The van der Waals surface area contributed by atoms with Crippen molar-refractivity contribution < 1.29 is 17.9 Å². The Balaban J connectivity index is 1.95. The fourth-order valence-corrected chi connectivity index (χ4v) is 3.60. The lowest BCUT2D eigenvalue weighted by atomic mass is 10.1. The quantitative estimate of drug-likeness (QED) is 0.631. The molecule has 1 N–H and O–H groups in total. The molecule has 0 unspecified atom stereocenters. The molecule has 0 heterocycles. The van der Waals surface area contributed by atoms with Crippen molar-refractivity contribution in [2.45, 2.75) is 13.8 Å². The number of rotatable bonds is 8. The van der Waals surface area contributed by atoms with Crippen LogP contribution >= 0.6 is 23.2 Å². The number of carbonyl (C=O) groups is 1. The third-order valence-corrected chi connectivity index (χ3v) is 6.00. The van der Waals surface area contributed by atoms with Crippen molar-refractivity contribution in [3.8, 4) is 5.75 Å². The van der Waals surface area contributed by atoms with E-state index in [2.05, 4.69) is 5.32 Å². The van der Waals surface area contributed by atoms with E-state index in [0.717, 1.165) is 27.4 Å². The molecule has 0 saturated carbocycles. The highest BCUT2D eigenvalue weighted by Gasteiger charge is 2.21. The number of aryl methyl sites for hydroxylation is 1. The molecule has 0 aliphatic carbocycles. The Bertz CT molecular complexity index is 964. The molecule has 2 aromatic rings. The van der Waals surface area contributed by atoms with Gasteiger partial charge in [-0.25, -0.2) is 8.42 Å². The molecule has 1 amide bonds. The fraction of sp³-hybridized carbons (Fsp3) is 0.316. The van der Waals surface area contributed by atoms with E-state index in [1.165, 1.54) is 18.2 Å². The van der Waals surface area contributed by atoms with Gasteiger partial charge in [0.15, 0.2) is 0 Å². The Labute approximate surface area is 175 Å². The molecule has 0 aliphatic rings. The molecule has 2 rings (SSSR count). The predicted molar refractivity (Wildman–Crippen MR) is 113 cm³/mol. The Kier molecular flexibility index (Phi) is 7.57. The number of nitrogens with zero attached hydrogens (tertiary/aromatic N) is 1. The van der Waals surface area contributed by atoms with Crippen LogP contribution in [0.1, 0.15) is 11.1 Å². The van der Waals surface area contributed by atoms with Crippen LogP contribution in [-0.4, -0.2) is 40.3 Å². The molecule has 0 fully saturated rings. The standard InChI is InChI=1S/C19H22Cl2N2O4S/c1-13-5-4-6-18(14(13)2)27-10-9-22-19(24)12-23(28(3,25)26)15-7-8-16(20)17(21)11-15/h4-8,11H,9-10,12H2,1-3H3,(H,22,24). The number of ether oxygens (including phenoxy) is 1. The molecule has 0 radical (unpaired) electrons. The summed E-state index contributed by atoms with van der Waals surface area (Å²) in [6.07, 6.45) is 1.02. The van der Waals surface area contributed by atoms with Crippen LogP contribution in [0.25, 0.3) is 0 Å². The van der Waals surface area contributed by atoms with Gasteiger partial charge in [-0.2, -0.15) is 0 Å². The molecule has 0 saturated heterocycles. The Morgan fingerprint density at radius 3 is 2.50 bits per heavy atom. The number of carbonyl (C=O) groups excluding carboxylic acids is 1. The Hall–Kier alpha value is -1.96. The van der Waals surface area contributed by atoms with Gasteiger partial charge in [0.25, 0.3) is 0 Å². The fourth-order valence-electron chi connectivity index (χ4n) is 2.46. The van der Waals surface area contributed by atoms with Gasteiger partial charge in [0.2, 0.25) is 15.9 Å². The summed E-state index contributed by atoms with van der Waals surface area (Å²) in [4.78, 5) is 12.2. The van der Waals surface area contributed by atoms with Gasteiger partial charge in [-0.15, -0.1) is 0 Å². The van der Waals surface area contributed by atoms with Crippen molar-refractivity contribution in [2.24, 2.45) is 0 Å². The highest BCUT2D eigenvalue weighted by Crippen LogP contribution is 2.28. The Morgan fingerprint density at radius 1 is 1.14 bits per heavy atom. The van der Waals surface area contributed by atoms with Crippen LogP contribution in [0.4, 0.5) is 5.69 Å². The van der Waals surface area contributed by atoms with Crippen LogP contribution in [0, 0.1) is 13.8 Å². The Morgan fingerprint density at radius 2 is 1.86 bits per heavy atom. The molecule has 0 bridgehead atoms. The zero-order valence-corrected chi connectivity index (χ0v) is 18.2. The first-order valence-corrected chi connectivity index (χ1v) is 11.1. The van der Waals surface area contributed by atoms with E-state index in [4.69, 9.17) is 27.9 Å². The van der Waals surface area contributed by atoms with Gasteiger partial charge in [-0.3, -0.25) is 9.10 Å². The zero-order chi connectivity index (χ0) is 20.9. The number of anilines is 1. The van der Waals surface area contributed by atoms with E-state index in [1.807, 2.05) is 32.0 Å². The summed E-state index contributed by atoms with van der Waals surface area (Å²) in [5.74, 6) is 0.295. The maximum Gasteiger partial charge on any atom is 0.240 e. The summed E-state index contributed by atoms with van der Waals surface area (Å²) < 4.78 is 30.8. The topological polar surface area (TPSA) is 75.7 Å². The maximum atomic E-state index is 12.2. The molecule has 6 nitrogen and oxygen atoms in total. The van der Waals surface area contributed by atoms with E-state index < -0.39 is 15.9 Å². The molecule has 152 valence electrons. The highest BCUT2D eigenvalue weighted by molar-refractivity contribution is 7.92. The van der Waals surface area contributed by atoms with E-state index >= 15 is 0 Å². The minimum absolute atomic E-state index is 0.204. The maximum absolute atomic E-state index is 12.2.